The Kier molecular flexibility index (Phi) is 6.02. The summed E-state index contributed by atoms with van der Waals surface area (Å²) < 4.78 is 5.42. The van der Waals surface area contributed by atoms with Crippen LogP contribution in [0.1, 0.15) is 44.7 Å². The number of rotatable bonds is 8. The van der Waals surface area contributed by atoms with Crippen LogP contribution >= 0.6 is 0 Å². The average molecular weight is 380 g/mol. The third kappa shape index (κ3) is 4.03. The van der Waals surface area contributed by atoms with Crippen molar-refractivity contribution >= 4 is 23.2 Å². The topological polar surface area (TPSA) is 67.4 Å². The van der Waals surface area contributed by atoms with Gasteiger partial charge in [0, 0.05) is 11.4 Å². The molecule has 2 N–H and O–H groups in total. The van der Waals surface area contributed by atoms with Gasteiger partial charge in [-0.1, -0.05) is 32.0 Å². The van der Waals surface area contributed by atoms with Crippen LogP contribution in [0.3, 0.4) is 0 Å². The fourth-order valence-corrected chi connectivity index (χ4v) is 3.37. The highest BCUT2D eigenvalue weighted by Gasteiger charge is 2.56. The lowest BCUT2D eigenvalue weighted by atomic mass is 10.0. The molecule has 0 radical (unpaired) electrons. The van der Waals surface area contributed by atoms with Crippen LogP contribution in [-0.4, -0.2) is 18.4 Å². The first-order chi connectivity index (χ1) is 13.5. The van der Waals surface area contributed by atoms with Crippen molar-refractivity contribution in [1.82, 2.24) is 0 Å². The van der Waals surface area contributed by atoms with Gasteiger partial charge in [0.25, 0.3) is 0 Å². The molecule has 0 bridgehead atoms. The zero-order chi connectivity index (χ0) is 20.1. The van der Waals surface area contributed by atoms with E-state index in [1.807, 2.05) is 37.3 Å². The summed E-state index contributed by atoms with van der Waals surface area (Å²) in [6, 6.07) is 13.3. The molecule has 5 heteroatoms. The summed E-state index contributed by atoms with van der Waals surface area (Å²) >= 11 is 0. The van der Waals surface area contributed by atoms with E-state index in [4.69, 9.17) is 4.74 Å². The summed E-state index contributed by atoms with van der Waals surface area (Å²) in [4.78, 5) is 25.9. The highest BCUT2D eigenvalue weighted by atomic mass is 16.5. The normalized spacial score (nSPS) is 14.2. The highest BCUT2D eigenvalue weighted by Crippen LogP contribution is 2.48. The van der Waals surface area contributed by atoms with E-state index in [1.165, 1.54) is 0 Å². The van der Waals surface area contributed by atoms with E-state index in [1.54, 1.807) is 12.1 Å². The molecule has 2 aromatic rings. The monoisotopic (exact) mass is 380 g/mol. The first-order valence-electron chi connectivity index (χ1n) is 10.0. The summed E-state index contributed by atoms with van der Waals surface area (Å²) in [5, 5.41) is 5.94. The van der Waals surface area contributed by atoms with Crippen LogP contribution in [0.25, 0.3) is 0 Å². The zero-order valence-corrected chi connectivity index (χ0v) is 16.8. The summed E-state index contributed by atoms with van der Waals surface area (Å²) in [7, 11) is 0. The Bertz CT molecular complexity index is 832. The fourth-order valence-electron chi connectivity index (χ4n) is 3.37. The van der Waals surface area contributed by atoms with E-state index >= 15 is 0 Å². The standard InChI is InChI=1S/C23H28N2O3/c1-4-16-8-7-9-17(5-2)20(16)25-22(27)23(14-15-23)21(26)24-18-10-12-19(13-11-18)28-6-3/h7-13H,4-6,14-15H2,1-3H3,(H,24,26)(H,25,27). The second-order valence-corrected chi connectivity index (χ2v) is 7.11. The Morgan fingerprint density at radius 3 is 1.96 bits per heavy atom. The van der Waals surface area contributed by atoms with Gasteiger partial charge in [-0.3, -0.25) is 9.59 Å². The predicted molar refractivity (Wildman–Crippen MR) is 112 cm³/mol. The van der Waals surface area contributed by atoms with Crippen LogP contribution in [0.2, 0.25) is 0 Å². The number of hydrogen-bond donors (Lipinski definition) is 2. The molecule has 148 valence electrons. The van der Waals surface area contributed by atoms with Gasteiger partial charge in [-0.05, 0) is 68.0 Å². The van der Waals surface area contributed by atoms with Crippen LogP contribution in [0, 0.1) is 5.41 Å². The molecule has 0 saturated heterocycles. The number of carbonyl (C=O) groups excluding carboxylic acids is 2. The van der Waals surface area contributed by atoms with Crippen molar-refractivity contribution in [3.8, 4) is 5.75 Å². The third-order valence-corrected chi connectivity index (χ3v) is 5.28. The minimum atomic E-state index is -0.982. The van der Waals surface area contributed by atoms with Crippen molar-refractivity contribution < 1.29 is 14.3 Å². The Balaban J connectivity index is 1.72. The van der Waals surface area contributed by atoms with Gasteiger partial charge in [0.2, 0.25) is 11.8 Å². The second-order valence-electron chi connectivity index (χ2n) is 7.11. The number of carbonyl (C=O) groups is 2. The van der Waals surface area contributed by atoms with E-state index < -0.39 is 5.41 Å². The van der Waals surface area contributed by atoms with E-state index in [2.05, 4.69) is 24.5 Å². The van der Waals surface area contributed by atoms with Gasteiger partial charge in [-0.25, -0.2) is 0 Å². The molecule has 1 aliphatic carbocycles. The number of aryl methyl sites for hydroxylation is 2. The predicted octanol–water partition coefficient (Wildman–Crippen LogP) is 4.57. The Labute approximate surface area is 166 Å². The fraction of sp³-hybridized carbons (Fsp3) is 0.391. The van der Waals surface area contributed by atoms with E-state index in [9.17, 15) is 9.59 Å². The van der Waals surface area contributed by atoms with Gasteiger partial charge in [-0.2, -0.15) is 0 Å². The molecule has 0 aromatic heterocycles. The van der Waals surface area contributed by atoms with Crippen LogP contribution in [0.5, 0.6) is 5.75 Å². The first kappa shape index (κ1) is 19.9. The number of benzene rings is 2. The van der Waals surface area contributed by atoms with Crippen LogP contribution in [0.15, 0.2) is 42.5 Å². The lowest BCUT2D eigenvalue weighted by Crippen LogP contribution is -2.36. The Hall–Kier alpha value is -2.82. The van der Waals surface area contributed by atoms with E-state index in [-0.39, 0.29) is 11.8 Å². The molecule has 1 fully saturated rings. The summed E-state index contributed by atoms with van der Waals surface area (Å²) in [5.74, 6) is 0.287. The molecule has 5 nitrogen and oxygen atoms in total. The number of ether oxygens (including phenoxy) is 1. The maximum absolute atomic E-state index is 13.0. The average Bonchev–Trinajstić information content (AvgIpc) is 3.52. The smallest absolute Gasteiger partial charge is 0.240 e. The van der Waals surface area contributed by atoms with Gasteiger partial charge in [0.1, 0.15) is 11.2 Å². The van der Waals surface area contributed by atoms with Crippen molar-refractivity contribution in [1.29, 1.82) is 0 Å². The number of amides is 2. The van der Waals surface area contributed by atoms with Crippen molar-refractivity contribution in [2.45, 2.75) is 46.5 Å². The largest absolute Gasteiger partial charge is 0.494 e. The molecule has 1 aliphatic rings. The van der Waals surface area contributed by atoms with Gasteiger partial charge in [0.05, 0.1) is 6.61 Å². The Morgan fingerprint density at radius 2 is 1.46 bits per heavy atom. The van der Waals surface area contributed by atoms with Crippen molar-refractivity contribution in [2.75, 3.05) is 17.2 Å². The van der Waals surface area contributed by atoms with E-state index in [0.717, 1.165) is 35.4 Å². The number of nitrogens with one attached hydrogen (secondary N) is 2. The molecular weight excluding hydrogens is 352 g/mol. The molecule has 28 heavy (non-hydrogen) atoms. The minimum absolute atomic E-state index is 0.216. The van der Waals surface area contributed by atoms with Gasteiger partial charge in [0.15, 0.2) is 0 Å². The highest BCUT2D eigenvalue weighted by molar-refractivity contribution is 6.17. The SMILES string of the molecule is CCOc1ccc(NC(=O)C2(C(=O)Nc3c(CC)cccc3CC)CC2)cc1. The van der Waals surface area contributed by atoms with Gasteiger partial charge < -0.3 is 15.4 Å². The maximum Gasteiger partial charge on any atom is 0.240 e. The number of para-hydroxylation sites is 1. The number of hydrogen-bond acceptors (Lipinski definition) is 3. The minimum Gasteiger partial charge on any atom is -0.494 e. The van der Waals surface area contributed by atoms with Crippen LogP contribution in [-0.2, 0) is 22.4 Å². The summed E-state index contributed by atoms with van der Waals surface area (Å²) in [5.41, 5.74) is 2.73. The Morgan fingerprint density at radius 1 is 0.893 bits per heavy atom. The van der Waals surface area contributed by atoms with Crippen LogP contribution in [0.4, 0.5) is 11.4 Å². The van der Waals surface area contributed by atoms with Crippen molar-refractivity contribution in [3.63, 3.8) is 0 Å². The lowest BCUT2D eigenvalue weighted by molar-refractivity contribution is -0.131. The molecule has 0 atom stereocenters. The summed E-state index contributed by atoms with van der Waals surface area (Å²) in [6.45, 7) is 6.64. The van der Waals surface area contributed by atoms with Crippen LogP contribution < -0.4 is 15.4 Å². The quantitative estimate of drug-likeness (QED) is 0.659. The molecule has 1 saturated carbocycles. The van der Waals surface area contributed by atoms with E-state index in [0.29, 0.717) is 25.1 Å². The molecule has 0 spiro atoms. The second kappa shape index (κ2) is 8.46. The molecule has 2 aromatic carbocycles. The first-order valence-corrected chi connectivity index (χ1v) is 10.0. The third-order valence-electron chi connectivity index (χ3n) is 5.28. The van der Waals surface area contributed by atoms with Crippen molar-refractivity contribution in [2.24, 2.45) is 5.41 Å². The lowest BCUT2D eigenvalue weighted by Gasteiger charge is -2.19. The molecular formula is C23H28N2O3. The molecule has 2 amide bonds. The van der Waals surface area contributed by atoms with Gasteiger partial charge in [-0.15, -0.1) is 0 Å². The zero-order valence-electron chi connectivity index (χ0n) is 16.8. The molecule has 3 rings (SSSR count). The maximum atomic E-state index is 13.0. The van der Waals surface area contributed by atoms with Gasteiger partial charge >= 0.3 is 0 Å². The summed E-state index contributed by atoms with van der Waals surface area (Å²) in [6.07, 6.45) is 2.79. The molecule has 0 aliphatic heterocycles. The number of anilines is 2. The molecule has 0 unspecified atom stereocenters. The molecule has 0 heterocycles. The van der Waals surface area contributed by atoms with Crippen molar-refractivity contribution in [3.05, 3.63) is 53.6 Å².